The van der Waals surface area contributed by atoms with Crippen molar-refractivity contribution in [3.8, 4) is 0 Å². The lowest BCUT2D eigenvalue weighted by Crippen LogP contribution is -2.39. The van der Waals surface area contributed by atoms with E-state index >= 15 is 0 Å². The maximum absolute atomic E-state index is 14.2. The fourth-order valence-electron chi connectivity index (χ4n) is 2.99. The minimum atomic E-state index is -0.0798. The number of halogens is 2. The number of hydrogen-bond acceptors (Lipinski definition) is 1. The highest BCUT2D eigenvalue weighted by Crippen LogP contribution is 2.51. The van der Waals surface area contributed by atoms with Crippen molar-refractivity contribution < 1.29 is 4.39 Å². The predicted molar refractivity (Wildman–Crippen MR) is 65.7 cm³/mol. The van der Waals surface area contributed by atoms with E-state index in [0.29, 0.717) is 10.4 Å². The van der Waals surface area contributed by atoms with Gasteiger partial charge in [-0.2, -0.15) is 0 Å². The molecule has 1 aliphatic heterocycles. The van der Waals surface area contributed by atoms with E-state index in [1.807, 2.05) is 12.1 Å². The molecule has 2 fully saturated rings. The summed E-state index contributed by atoms with van der Waals surface area (Å²) in [6.45, 7) is 1.02. The van der Waals surface area contributed by atoms with Crippen LogP contribution in [-0.4, -0.2) is 6.54 Å². The van der Waals surface area contributed by atoms with Crippen LogP contribution in [0.5, 0.6) is 0 Å². The van der Waals surface area contributed by atoms with E-state index in [2.05, 4.69) is 21.2 Å². The Bertz CT molecular complexity index is 408. The Hall–Kier alpha value is -0.410. The summed E-state index contributed by atoms with van der Waals surface area (Å²) in [4.78, 5) is 0. The molecule has 1 atom stereocenters. The molecule has 1 aromatic carbocycles. The molecule has 1 aliphatic carbocycles. The first-order valence-electron chi connectivity index (χ1n) is 5.93. The Kier molecular flexibility index (Phi) is 2.55. The first-order chi connectivity index (χ1) is 7.74. The lowest BCUT2D eigenvalue weighted by atomic mass is 9.83. The van der Waals surface area contributed by atoms with Crippen LogP contribution in [0.4, 0.5) is 4.39 Å². The minimum absolute atomic E-state index is 0.0755. The molecular weight excluding hydrogens is 269 g/mol. The number of rotatable bonds is 2. The van der Waals surface area contributed by atoms with Gasteiger partial charge >= 0.3 is 0 Å². The summed E-state index contributed by atoms with van der Waals surface area (Å²) >= 11 is 3.28. The van der Waals surface area contributed by atoms with Crippen molar-refractivity contribution in [2.75, 3.05) is 6.54 Å². The van der Waals surface area contributed by atoms with E-state index in [4.69, 9.17) is 0 Å². The molecule has 1 saturated heterocycles. The van der Waals surface area contributed by atoms with E-state index < -0.39 is 0 Å². The van der Waals surface area contributed by atoms with Gasteiger partial charge in [-0.1, -0.05) is 12.1 Å². The summed E-state index contributed by atoms with van der Waals surface area (Å²) in [5, 5.41) is 3.56. The maximum atomic E-state index is 14.2. The third-order valence-electron chi connectivity index (χ3n) is 3.89. The molecule has 86 valence electrons. The van der Waals surface area contributed by atoms with Crippen LogP contribution in [0.1, 0.15) is 31.2 Å². The van der Waals surface area contributed by atoms with Crippen LogP contribution in [0.3, 0.4) is 0 Å². The fourth-order valence-corrected chi connectivity index (χ4v) is 3.36. The smallest absolute Gasteiger partial charge is 0.142 e. The molecule has 2 aliphatic rings. The molecule has 0 amide bonds. The molecule has 0 bridgehead atoms. The van der Waals surface area contributed by atoms with Gasteiger partial charge in [-0.3, -0.25) is 0 Å². The molecular formula is C13H15BrFN. The fraction of sp³-hybridized carbons (Fsp3) is 0.538. The standard InChI is InChI=1S/C13H15BrFN/c14-11-4-1-3-10(12(11)15)13(9-5-6-9)7-2-8-16-13/h1,3-4,9,16H,2,5-8H2. The number of benzene rings is 1. The molecule has 0 radical (unpaired) electrons. The van der Waals surface area contributed by atoms with E-state index in [9.17, 15) is 4.39 Å². The van der Waals surface area contributed by atoms with Crippen LogP contribution >= 0.6 is 15.9 Å². The van der Waals surface area contributed by atoms with Crippen molar-refractivity contribution in [3.05, 3.63) is 34.1 Å². The maximum Gasteiger partial charge on any atom is 0.142 e. The topological polar surface area (TPSA) is 12.0 Å². The van der Waals surface area contributed by atoms with Crippen molar-refractivity contribution >= 4 is 15.9 Å². The molecule has 1 saturated carbocycles. The Labute approximate surface area is 104 Å². The first kappa shape index (κ1) is 10.7. The zero-order chi connectivity index (χ0) is 11.2. The van der Waals surface area contributed by atoms with Gasteiger partial charge in [0.1, 0.15) is 5.82 Å². The zero-order valence-corrected chi connectivity index (χ0v) is 10.7. The van der Waals surface area contributed by atoms with Crippen LogP contribution in [-0.2, 0) is 5.54 Å². The summed E-state index contributed by atoms with van der Waals surface area (Å²) in [5.41, 5.74) is 0.787. The van der Waals surface area contributed by atoms with Gasteiger partial charge in [-0.05, 0) is 60.1 Å². The van der Waals surface area contributed by atoms with E-state index in [1.165, 1.54) is 12.8 Å². The Morgan fingerprint density at radius 1 is 1.38 bits per heavy atom. The predicted octanol–water partition coefficient (Wildman–Crippen LogP) is 3.58. The monoisotopic (exact) mass is 283 g/mol. The average molecular weight is 284 g/mol. The molecule has 0 aromatic heterocycles. The van der Waals surface area contributed by atoms with Gasteiger partial charge in [-0.25, -0.2) is 4.39 Å². The van der Waals surface area contributed by atoms with Crippen molar-refractivity contribution in [1.29, 1.82) is 0 Å². The van der Waals surface area contributed by atoms with Gasteiger partial charge in [0.25, 0.3) is 0 Å². The highest BCUT2D eigenvalue weighted by Gasteiger charge is 2.49. The second-order valence-electron chi connectivity index (χ2n) is 4.88. The molecule has 16 heavy (non-hydrogen) atoms. The second-order valence-corrected chi connectivity index (χ2v) is 5.73. The molecule has 1 nitrogen and oxygen atoms in total. The Morgan fingerprint density at radius 2 is 2.19 bits per heavy atom. The van der Waals surface area contributed by atoms with Gasteiger partial charge in [0, 0.05) is 11.1 Å². The van der Waals surface area contributed by atoms with Crippen molar-refractivity contribution in [1.82, 2.24) is 5.32 Å². The summed E-state index contributed by atoms with van der Waals surface area (Å²) in [6, 6.07) is 5.65. The molecule has 1 unspecified atom stereocenters. The van der Waals surface area contributed by atoms with Gasteiger partial charge in [0.15, 0.2) is 0 Å². The second kappa shape index (κ2) is 3.81. The SMILES string of the molecule is Fc1c(Br)cccc1C1(C2CC2)CCCN1. The van der Waals surface area contributed by atoms with Gasteiger partial charge in [0.2, 0.25) is 0 Å². The minimum Gasteiger partial charge on any atom is -0.307 e. The largest absolute Gasteiger partial charge is 0.307 e. The highest BCUT2D eigenvalue weighted by atomic mass is 79.9. The zero-order valence-electron chi connectivity index (χ0n) is 9.10. The molecule has 1 heterocycles. The first-order valence-corrected chi connectivity index (χ1v) is 6.73. The summed E-state index contributed by atoms with van der Waals surface area (Å²) in [5.74, 6) is 0.558. The lowest BCUT2D eigenvalue weighted by Gasteiger charge is -2.31. The third kappa shape index (κ3) is 1.52. The molecule has 3 rings (SSSR count). The third-order valence-corrected chi connectivity index (χ3v) is 4.51. The van der Waals surface area contributed by atoms with Crippen LogP contribution in [0, 0.1) is 11.7 Å². The Morgan fingerprint density at radius 3 is 2.81 bits per heavy atom. The molecule has 1 aromatic rings. The van der Waals surface area contributed by atoms with Gasteiger partial charge in [0.05, 0.1) is 4.47 Å². The highest BCUT2D eigenvalue weighted by molar-refractivity contribution is 9.10. The Balaban J connectivity index is 2.08. The normalized spacial score (nSPS) is 29.6. The summed E-state index contributed by atoms with van der Waals surface area (Å²) < 4.78 is 14.8. The molecule has 3 heteroatoms. The lowest BCUT2D eigenvalue weighted by molar-refractivity contribution is 0.322. The van der Waals surface area contributed by atoms with Crippen molar-refractivity contribution in [2.24, 2.45) is 5.92 Å². The number of nitrogens with one attached hydrogen (secondary N) is 1. The van der Waals surface area contributed by atoms with Crippen LogP contribution in [0.15, 0.2) is 22.7 Å². The van der Waals surface area contributed by atoms with Crippen molar-refractivity contribution in [2.45, 2.75) is 31.2 Å². The van der Waals surface area contributed by atoms with Crippen molar-refractivity contribution in [3.63, 3.8) is 0 Å². The average Bonchev–Trinajstić information content (AvgIpc) is 3.03. The summed E-state index contributed by atoms with van der Waals surface area (Å²) in [6.07, 6.45) is 4.70. The quantitative estimate of drug-likeness (QED) is 0.875. The van der Waals surface area contributed by atoms with Crippen LogP contribution in [0.2, 0.25) is 0 Å². The van der Waals surface area contributed by atoms with E-state index in [1.54, 1.807) is 6.07 Å². The molecule has 1 N–H and O–H groups in total. The molecule has 0 spiro atoms. The van der Waals surface area contributed by atoms with Crippen LogP contribution in [0.25, 0.3) is 0 Å². The van der Waals surface area contributed by atoms with E-state index in [0.717, 1.165) is 24.9 Å². The summed E-state index contributed by atoms with van der Waals surface area (Å²) in [7, 11) is 0. The van der Waals surface area contributed by atoms with E-state index in [-0.39, 0.29) is 11.4 Å². The van der Waals surface area contributed by atoms with Crippen LogP contribution < -0.4 is 5.32 Å². The van der Waals surface area contributed by atoms with Gasteiger partial charge in [-0.15, -0.1) is 0 Å². The number of hydrogen-bond donors (Lipinski definition) is 1. The van der Waals surface area contributed by atoms with Gasteiger partial charge < -0.3 is 5.32 Å².